The van der Waals surface area contributed by atoms with Gasteiger partial charge in [-0.15, -0.1) is 24.0 Å². The van der Waals surface area contributed by atoms with Gasteiger partial charge < -0.3 is 10.6 Å². The molecule has 3 rings (SSSR count). The second-order valence-corrected chi connectivity index (χ2v) is 5.20. The van der Waals surface area contributed by atoms with E-state index >= 15 is 0 Å². The Morgan fingerprint density at radius 2 is 1.90 bits per heavy atom. The Hall–Kier alpha value is -1.37. The summed E-state index contributed by atoms with van der Waals surface area (Å²) < 4.78 is 0. The van der Waals surface area contributed by atoms with Gasteiger partial charge >= 0.3 is 0 Å². The van der Waals surface area contributed by atoms with Crippen LogP contribution in [-0.4, -0.2) is 28.9 Å². The van der Waals surface area contributed by atoms with Crippen LogP contribution in [0, 0.1) is 0 Å². The summed E-state index contributed by atoms with van der Waals surface area (Å²) in [6.45, 7) is 2.60. The van der Waals surface area contributed by atoms with Crippen molar-refractivity contribution in [2.75, 3.05) is 13.1 Å². The molecule has 0 bridgehead atoms. The summed E-state index contributed by atoms with van der Waals surface area (Å²) in [6.07, 6.45) is 5.56. The first-order valence-corrected chi connectivity index (χ1v) is 7.22. The zero-order valence-electron chi connectivity index (χ0n) is 12.0. The van der Waals surface area contributed by atoms with E-state index in [2.05, 4.69) is 27.0 Å². The Bertz CT molecular complexity index is 615. The summed E-state index contributed by atoms with van der Waals surface area (Å²) in [5.74, 6) is 0.652. The molecule has 1 aliphatic heterocycles. The van der Waals surface area contributed by atoms with Gasteiger partial charge in [0, 0.05) is 24.7 Å². The van der Waals surface area contributed by atoms with Crippen molar-refractivity contribution in [1.82, 2.24) is 9.88 Å². The van der Waals surface area contributed by atoms with Crippen LogP contribution in [0.15, 0.2) is 41.5 Å². The Kier molecular flexibility index (Phi) is 5.78. The molecule has 112 valence electrons. The van der Waals surface area contributed by atoms with Gasteiger partial charge in [-0.25, -0.2) is 4.99 Å². The monoisotopic (exact) mass is 396 g/mol. The van der Waals surface area contributed by atoms with Gasteiger partial charge in [0.2, 0.25) is 0 Å². The van der Waals surface area contributed by atoms with E-state index in [1.165, 1.54) is 24.6 Å². The first kappa shape index (κ1) is 16.0. The first-order valence-electron chi connectivity index (χ1n) is 7.22. The third-order valence-electron chi connectivity index (χ3n) is 3.83. The summed E-state index contributed by atoms with van der Waals surface area (Å²) in [5.41, 5.74) is 7.08. The van der Waals surface area contributed by atoms with Crippen LogP contribution in [0.25, 0.3) is 10.8 Å². The maximum absolute atomic E-state index is 6.09. The van der Waals surface area contributed by atoms with E-state index < -0.39 is 0 Å². The first-order chi connectivity index (χ1) is 9.84. The maximum atomic E-state index is 6.09. The normalized spacial score (nSPS) is 15.8. The van der Waals surface area contributed by atoms with Crippen molar-refractivity contribution >= 4 is 40.7 Å². The molecule has 4 nitrogen and oxygen atoms in total. The molecular weight excluding hydrogens is 375 g/mol. The van der Waals surface area contributed by atoms with Gasteiger partial charge in [-0.1, -0.05) is 24.3 Å². The van der Waals surface area contributed by atoms with Gasteiger partial charge in [-0.3, -0.25) is 4.98 Å². The number of hydrogen-bond acceptors (Lipinski definition) is 2. The Labute approximate surface area is 142 Å². The predicted molar refractivity (Wildman–Crippen MR) is 97.9 cm³/mol. The number of fused-ring (bicyclic) bond motifs is 1. The molecule has 0 aliphatic carbocycles. The zero-order valence-corrected chi connectivity index (χ0v) is 14.4. The number of pyridine rings is 1. The maximum Gasteiger partial charge on any atom is 0.191 e. The topological polar surface area (TPSA) is 54.5 Å². The van der Waals surface area contributed by atoms with E-state index in [0.717, 1.165) is 24.2 Å². The van der Waals surface area contributed by atoms with Gasteiger partial charge in [-0.2, -0.15) is 0 Å². The molecule has 5 heteroatoms. The molecule has 1 aromatic heterocycles. The van der Waals surface area contributed by atoms with Crippen molar-refractivity contribution < 1.29 is 0 Å². The highest BCUT2D eigenvalue weighted by molar-refractivity contribution is 14.0. The highest BCUT2D eigenvalue weighted by Crippen LogP contribution is 2.17. The predicted octanol–water partition coefficient (Wildman–Crippen LogP) is 3.15. The lowest BCUT2D eigenvalue weighted by Crippen LogP contribution is -2.40. The van der Waals surface area contributed by atoms with Crippen LogP contribution in [0.2, 0.25) is 0 Å². The number of nitrogens with zero attached hydrogens (tertiary/aromatic N) is 3. The minimum atomic E-state index is 0. The van der Waals surface area contributed by atoms with E-state index in [0.29, 0.717) is 12.5 Å². The van der Waals surface area contributed by atoms with Crippen LogP contribution in [-0.2, 0) is 6.54 Å². The quantitative estimate of drug-likeness (QED) is 0.482. The molecule has 0 amide bonds. The fourth-order valence-electron chi connectivity index (χ4n) is 2.69. The number of piperidine rings is 1. The second kappa shape index (κ2) is 7.59. The molecule has 21 heavy (non-hydrogen) atoms. The van der Waals surface area contributed by atoms with Crippen LogP contribution in [0.5, 0.6) is 0 Å². The summed E-state index contributed by atoms with van der Waals surface area (Å²) in [7, 11) is 0. The Balaban J connectivity index is 0.00000161. The average Bonchev–Trinajstić information content (AvgIpc) is 2.53. The minimum Gasteiger partial charge on any atom is -0.370 e. The largest absolute Gasteiger partial charge is 0.370 e. The van der Waals surface area contributed by atoms with Crippen LogP contribution in [0.1, 0.15) is 25.0 Å². The van der Waals surface area contributed by atoms with Gasteiger partial charge in [0.15, 0.2) is 5.96 Å². The molecule has 0 saturated carbocycles. The number of rotatable bonds is 2. The number of aliphatic imine (C=N–C) groups is 1. The Morgan fingerprint density at radius 3 is 2.71 bits per heavy atom. The van der Waals surface area contributed by atoms with Crippen molar-refractivity contribution in [3.63, 3.8) is 0 Å². The van der Waals surface area contributed by atoms with Crippen molar-refractivity contribution in [3.8, 4) is 0 Å². The lowest BCUT2D eigenvalue weighted by atomic mass is 10.1. The highest BCUT2D eigenvalue weighted by atomic mass is 127. The van der Waals surface area contributed by atoms with Crippen LogP contribution in [0.3, 0.4) is 0 Å². The molecular formula is C16H21IN4. The van der Waals surface area contributed by atoms with Gasteiger partial charge in [0.1, 0.15) is 0 Å². The summed E-state index contributed by atoms with van der Waals surface area (Å²) in [5, 5.41) is 2.36. The standard InChI is InChI=1S/C16H20N4.HI/c17-16(20-10-4-1-5-11-20)19-12-15-14-7-3-2-6-13(14)8-9-18-15;/h2-3,6-9H,1,4-5,10-12H2,(H2,17,19);1H. The molecule has 2 aromatic rings. The third-order valence-corrected chi connectivity index (χ3v) is 3.83. The van der Waals surface area contributed by atoms with Crippen molar-refractivity contribution in [2.24, 2.45) is 10.7 Å². The van der Waals surface area contributed by atoms with Crippen LogP contribution < -0.4 is 5.73 Å². The van der Waals surface area contributed by atoms with Gasteiger partial charge in [0.05, 0.1) is 12.2 Å². The summed E-state index contributed by atoms with van der Waals surface area (Å²) in [6, 6.07) is 10.3. The fraction of sp³-hybridized carbons (Fsp3) is 0.375. The van der Waals surface area contributed by atoms with Crippen molar-refractivity contribution in [2.45, 2.75) is 25.8 Å². The molecule has 1 fully saturated rings. The number of hydrogen-bond donors (Lipinski definition) is 1. The molecule has 0 atom stereocenters. The van der Waals surface area contributed by atoms with E-state index in [4.69, 9.17) is 5.73 Å². The fourth-order valence-corrected chi connectivity index (χ4v) is 2.69. The summed E-state index contributed by atoms with van der Waals surface area (Å²) >= 11 is 0. The highest BCUT2D eigenvalue weighted by Gasteiger charge is 2.11. The van der Waals surface area contributed by atoms with E-state index in [-0.39, 0.29) is 24.0 Å². The number of aromatic nitrogens is 1. The van der Waals surface area contributed by atoms with Crippen LogP contribution in [0.4, 0.5) is 0 Å². The van der Waals surface area contributed by atoms with Crippen LogP contribution >= 0.6 is 24.0 Å². The molecule has 2 heterocycles. The lowest BCUT2D eigenvalue weighted by Gasteiger charge is -2.27. The van der Waals surface area contributed by atoms with Crippen molar-refractivity contribution in [3.05, 3.63) is 42.2 Å². The molecule has 2 N–H and O–H groups in total. The van der Waals surface area contributed by atoms with Gasteiger partial charge in [-0.05, 0) is 30.7 Å². The lowest BCUT2D eigenvalue weighted by molar-refractivity contribution is 0.338. The Morgan fingerprint density at radius 1 is 1.14 bits per heavy atom. The van der Waals surface area contributed by atoms with Crippen molar-refractivity contribution in [1.29, 1.82) is 0 Å². The van der Waals surface area contributed by atoms with E-state index in [1.54, 1.807) is 0 Å². The molecule has 0 radical (unpaired) electrons. The SMILES string of the molecule is I.NC(=NCc1nccc2ccccc12)N1CCCCC1. The number of benzene rings is 1. The molecule has 1 saturated heterocycles. The van der Waals surface area contributed by atoms with E-state index in [1.807, 2.05) is 24.4 Å². The van der Waals surface area contributed by atoms with Gasteiger partial charge in [0.25, 0.3) is 0 Å². The minimum absolute atomic E-state index is 0. The second-order valence-electron chi connectivity index (χ2n) is 5.20. The van der Waals surface area contributed by atoms with E-state index in [9.17, 15) is 0 Å². The number of halogens is 1. The number of likely N-dealkylation sites (tertiary alicyclic amines) is 1. The molecule has 1 aliphatic rings. The smallest absolute Gasteiger partial charge is 0.191 e. The number of nitrogens with two attached hydrogens (primary N) is 1. The average molecular weight is 396 g/mol. The molecule has 0 unspecified atom stereocenters. The zero-order chi connectivity index (χ0) is 13.8. The molecule has 0 spiro atoms. The third kappa shape index (κ3) is 3.84. The summed E-state index contributed by atoms with van der Waals surface area (Å²) in [4.78, 5) is 11.1. The number of guanidine groups is 1. The molecule has 1 aromatic carbocycles.